The van der Waals surface area contributed by atoms with E-state index in [-0.39, 0.29) is 17.6 Å². The molecule has 1 aromatic rings. The van der Waals surface area contributed by atoms with Crippen LogP contribution in [0.4, 0.5) is 5.69 Å². The van der Waals surface area contributed by atoms with Crippen molar-refractivity contribution in [1.82, 2.24) is 5.32 Å². The molecule has 1 heterocycles. The summed E-state index contributed by atoms with van der Waals surface area (Å²) in [7, 11) is 0. The predicted molar refractivity (Wildman–Crippen MR) is 111 cm³/mol. The molecule has 158 valence electrons. The number of hydrogen-bond acceptors (Lipinski definition) is 6. The van der Waals surface area contributed by atoms with E-state index in [0.717, 1.165) is 50.6 Å². The lowest BCUT2D eigenvalue weighted by molar-refractivity contribution is -0.384. The van der Waals surface area contributed by atoms with Crippen molar-refractivity contribution in [3.8, 4) is 0 Å². The Morgan fingerprint density at radius 3 is 2.67 bits per heavy atom. The molecule has 7 nitrogen and oxygen atoms in total. The summed E-state index contributed by atoms with van der Waals surface area (Å²) in [5.41, 5.74) is 2.91. The molecule has 2 aliphatic carbocycles. The number of esters is 1. The lowest BCUT2D eigenvalue weighted by atomic mass is 9.75. The Morgan fingerprint density at radius 2 is 1.93 bits per heavy atom. The fourth-order valence-corrected chi connectivity index (χ4v) is 4.80. The van der Waals surface area contributed by atoms with Crippen LogP contribution in [0.2, 0.25) is 0 Å². The number of allylic oxidation sites excluding steroid dienone is 3. The first-order valence-electron chi connectivity index (χ1n) is 10.6. The van der Waals surface area contributed by atoms with Crippen LogP contribution in [0.15, 0.2) is 46.8 Å². The van der Waals surface area contributed by atoms with E-state index in [9.17, 15) is 19.7 Å². The van der Waals surface area contributed by atoms with Crippen LogP contribution in [0.5, 0.6) is 0 Å². The molecule has 1 saturated carbocycles. The lowest BCUT2D eigenvalue weighted by Gasteiger charge is -2.34. The molecule has 1 aliphatic heterocycles. The van der Waals surface area contributed by atoms with Crippen LogP contribution in [0.25, 0.3) is 0 Å². The Labute approximate surface area is 175 Å². The van der Waals surface area contributed by atoms with Gasteiger partial charge in [0.15, 0.2) is 5.78 Å². The summed E-state index contributed by atoms with van der Waals surface area (Å²) in [4.78, 5) is 37.0. The Kier molecular flexibility index (Phi) is 5.70. The summed E-state index contributed by atoms with van der Waals surface area (Å²) in [5.74, 6) is -1.10. The number of nitrogens with one attached hydrogen (secondary N) is 1. The summed E-state index contributed by atoms with van der Waals surface area (Å²) < 4.78 is 5.84. The van der Waals surface area contributed by atoms with Crippen molar-refractivity contribution in [3.05, 3.63) is 62.5 Å². The van der Waals surface area contributed by atoms with Crippen molar-refractivity contribution in [3.63, 3.8) is 0 Å². The number of ketones is 1. The van der Waals surface area contributed by atoms with E-state index < -0.39 is 16.8 Å². The highest BCUT2D eigenvalue weighted by molar-refractivity contribution is 6.03. The molecule has 1 N–H and O–H groups in total. The Bertz CT molecular complexity index is 956. The third-order valence-corrected chi connectivity index (χ3v) is 6.24. The fourth-order valence-electron chi connectivity index (χ4n) is 4.80. The van der Waals surface area contributed by atoms with Crippen LogP contribution in [0, 0.1) is 10.1 Å². The van der Waals surface area contributed by atoms with E-state index in [2.05, 4.69) is 5.32 Å². The standard InChI is InChI=1S/C23H26N2O5/c1-14-20(23(27)30-17-9-3-2-4-10-17)21(15-7-5-8-16(13-15)25(28)29)22-18(24-14)11-6-12-19(22)26/h5,7-8,13,17,21,24H,2-4,6,9-12H2,1H3/t21-/m0/s1. The Morgan fingerprint density at radius 1 is 1.17 bits per heavy atom. The number of nitrogens with zero attached hydrogens (tertiary/aromatic N) is 1. The average molecular weight is 410 g/mol. The number of non-ortho nitro benzene ring substituents is 1. The van der Waals surface area contributed by atoms with Crippen molar-refractivity contribution in [2.75, 3.05) is 0 Å². The van der Waals surface area contributed by atoms with Gasteiger partial charge in [-0.3, -0.25) is 14.9 Å². The minimum absolute atomic E-state index is 0.0178. The average Bonchev–Trinajstić information content (AvgIpc) is 2.73. The first-order chi connectivity index (χ1) is 14.5. The van der Waals surface area contributed by atoms with E-state index in [0.29, 0.717) is 28.8 Å². The summed E-state index contributed by atoms with van der Waals surface area (Å²) in [5, 5.41) is 14.6. The number of dihydropyridines is 1. The number of hydrogen-bond donors (Lipinski definition) is 1. The van der Waals surface area contributed by atoms with Gasteiger partial charge < -0.3 is 10.1 Å². The highest BCUT2D eigenvalue weighted by atomic mass is 16.6. The quantitative estimate of drug-likeness (QED) is 0.448. The van der Waals surface area contributed by atoms with Gasteiger partial charge in [-0.15, -0.1) is 0 Å². The Balaban J connectivity index is 1.76. The van der Waals surface area contributed by atoms with E-state index in [1.54, 1.807) is 12.1 Å². The Hall–Kier alpha value is -2.96. The maximum atomic E-state index is 13.3. The third kappa shape index (κ3) is 3.88. The molecule has 0 spiro atoms. The normalized spacial score (nSPS) is 22.4. The zero-order valence-corrected chi connectivity index (χ0v) is 17.1. The summed E-state index contributed by atoms with van der Waals surface area (Å²) in [6.07, 6.45) is 6.69. The van der Waals surface area contributed by atoms with E-state index in [1.165, 1.54) is 12.1 Å². The van der Waals surface area contributed by atoms with Crippen molar-refractivity contribution in [1.29, 1.82) is 0 Å². The van der Waals surface area contributed by atoms with Crippen molar-refractivity contribution in [2.24, 2.45) is 0 Å². The van der Waals surface area contributed by atoms with Crippen LogP contribution in [-0.2, 0) is 14.3 Å². The maximum Gasteiger partial charge on any atom is 0.337 e. The zero-order valence-electron chi connectivity index (χ0n) is 17.1. The number of Topliss-reactive ketones (excluding diaryl/α,β-unsaturated/α-hetero) is 1. The highest BCUT2D eigenvalue weighted by Gasteiger charge is 2.40. The van der Waals surface area contributed by atoms with E-state index >= 15 is 0 Å². The van der Waals surface area contributed by atoms with Crippen LogP contribution in [0.3, 0.4) is 0 Å². The van der Waals surface area contributed by atoms with Crippen LogP contribution in [0.1, 0.15) is 69.8 Å². The number of benzene rings is 1. The molecule has 30 heavy (non-hydrogen) atoms. The van der Waals surface area contributed by atoms with Crippen molar-refractivity contribution in [2.45, 2.75) is 70.3 Å². The lowest BCUT2D eigenvalue weighted by Crippen LogP contribution is -2.35. The smallest absolute Gasteiger partial charge is 0.337 e. The molecule has 1 fully saturated rings. The number of carbonyl (C=O) groups excluding carboxylic acids is 2. The molecular formula is C23H26N2O5. The van der Waals surface area contributed by atoms with Gasteiger partial charge in [-0.1, -0.05) is 18.6 Å². The van der Waals surface area contributed by atoms with E-state index in [4.69, 9.17) is 4.74 Å². The molecule has 4 rings (SSSR count). The largest absolute Gasteiger partial charge is 0.459 e. The third-order valence-electron chi connectivity index (χ3n) is 6.24. The molecule has 0 aromatic heterocycles. The maximum absolute atomic E-state index is 13.3. The monoisotopic (exact) mass is 410 g/mol. The number of nitro groups is 1. The molecule has 0 saturated heterocycles. The molecule has 3 aliphatic rings. The van der Waals surface area contributed by atoms with Gasteiger partial charge >= 0.3 is 5.97 Å². The van der Waals surface area contributed by atoms with Gasteiger partial charge in [-0.05, 0) is 51.0 Å². The van der Waals surface area contributed by atoms with Gasteiger partial charge in [0.05, 0.1) is 10.5 Å². The van der Waals surface area contributed by atoms with Gasteiger partial charge in [-0.25, -0.2) is 4.79 Å². The number of carbonyl (C=O) groups is 2. The summed E-state index contributed by atoms with van der Waals surface area (Å²) in [6.45, 7) is 1.81. The van der Waals surface area contributed by atoms with E-state index in [1.807, 2.05) is 6.92 Å². The highest BCUT2D eigenvalue weighted by Crippen LogP contribution is 2.43. The van der Waals surface area contributed by atoms with Gasteiger partial charge in [0.1, 0.15) is 6.10 Å². The second kappa shape index (κ2) is 8.42. The minimum atomic E-state index is -0.648. The first kappa shape index (κ1) is 20.3. The van der Waals surface area contributed by atoms with Gasteiger partial charge in [0, 0.05) is 41.4 Å². The minimum Gasteiger partial charge on any atom is -0.459 e. The number of ether oxygens (including phenoxy) is 1. The zero-order chi connectivity index (χ0) is 21.3. The van der Waals surface area contributed by atoms with Crippen molar-refractivity contribution < 1.29 is 19.2 Å². The topological polar surface area (TPSA) is 98.5 Å². The number of rotatable bonds is 4. The first-order valence-corrected chi connectivity index (χ1v) is 10.6. The van der Waals surface area contributed by atoms with Crippen LogP contribution in [-0.4, -0.2) is 22.8 Å². The second-order valence-electron chi connectivity index (χ2n) is 8.28. The molecule has 0 bridgehead atoms. The summed E-state index contributed by atoms with van der Waals surface area (Å²) >= 11 is 0. The van der Waals surface area contributed by atoms with Gasteiger partial charge in [0.2, 0.25) is 0 Å². The molecule has 1 aromatic carbocycles. The molecule has 1 atom stereocenters. The molecule has 7 heteroatoms. The fraction of sp³-hybridized carbons (Fsp3) is 0.478. The van der Waals surface area contributed by atoms with Crippen LogP contribution >= 0.6 is 0 Å². The van der Waals surface area contributed by atoms with Crippen molar-refractivity contribution >= 4 is 17.4 Å². The molecule has 0 radical (unpaired) electrons. The van der Waals surface area contributed by atoms with Gasteiger partial charge in [-0.2, -0.15) is 0 Å². The predicted octanol–water partition coefficient (Wildman–Crippen LogP) is 4.44. The SMILES string of the molecule is CC1=C(C(=O)OC2CCCCC2)[C@H](c2cccc([N+](=O)[O-])c2)C2=C(CCCC2=O)N1. The van der Waals surface area contributed by atoms with Crippen LogP contribution < -0.4 is 5.32 Å². The van der Waals surface area contributed by atoms with Gasteiger partial charge in [0.25, 0.3) is 5.69 Å². The molecule has 0 unspecified atom stereocenters. The molecule has 0 amide bonds. The second-order valence-corrected chi connectivity index (χ2v) is 8.28. The molecular weight excluding hydrogens is 384 g/mol. The number of nitro benzene ring substituents is 1. The summed E-state index contributed by atoms with van der Waals surface area (Å²) in [6, 6.07) is 6.22.